The summed E-state index contributed by atoms with van der Waals surface area (Å²) in [6.07, 6.45) is 0.0551. The number of carbonyl (C=O) groups excluding carboxylic acids is 1. The first kappa shape index (κ1) is 15.5. The zero-order valence-corrected chi connectivity index (χ0v) is 13.0. The number of benzene rings is 2. The fourth-order valence-electron chi connectivity index (χ4n) is 2.52. The molecule has 118 valence electrons. The van der Waals surface area contributed by atoms with Gasteiger partial charge in [0.05, 0.1) is 11.4 Å². The predicted octanol–water partition coefficient (Wildman–Crippen LogP) is 4.59. The lowest BCUT2D eigenvalue weighted by atomic mass is 10.1. The van der Waals surface area contributed by atoms with Crippen molar-refractivity contribution < 1.29 is 13.6 Å². The van der Waals surface area contributed by atoms with Crippen molar-refractivity contribution in [2.24, 2.45) is 0 Å². The van der Waals surface area contributed by atoms with Crippen LogP contribution in [-0.2, 0) is 11.2 Å². The fraction of sp³-hybridized carbons (Fsp3) is 0.118. The summed E-state index contributed by atoms with van der Waals surface area (Å²) < 4.78 is 26.8. The number of hydrogen-bond donors (Lipinski definition) is 2. The van der Waals surface area contributed by atoms with Crippen LogP contribution in [0.15, 0.2) is 36.4 Å². The number of rotatable bonds is 3. The number of fused-ring (bicyclic) bond motifs is 1. The van der Waals surface area contributed by atoms with Gasteiger partial charge in [0, 0.05) is 22.3 Å². The van der Waals surface area contributed by atoms with Gasteiger partial charge < -0.3 is 10.3 Å². The molecule has 0 atom stereocenters. The second-order valence-corrected chi connectivity index (χ2v) is 5.68. The van der Waals surface area contributed by atoms with Gasteiger partial charge in [0.2, 0.25) is 5.91 Å². The number of carbonyl (C=O) groups is 1. The number of aromatic amines is 1. The van der Waals surface area contributed by atoms with Crippen molar-refractivity contribution in [2.75, 3.05) is 5.32 Å². The van der Waals surface area contributed by atoms with Crippen LogP contribution in [0.1, 0.15) is 11.3 Å². The molecule has 0 saturated carbocycles. The maximum atomic E-state index is 13.4. The summed E-state index contributed by atoms with van der Waals surface area (Å²) in [6, 6.07) is 8.43. The number of anilines is 1. The second-order valence-electron chi connectivity index (χ2n) is 5.27. The van der Waals surface area contributed by atoms with E-state index in [1.165, 1.54) is 24.3 Å². The first-order valence-electron chi connectivity index (χ1n) is 6.95. The molecule has 1 heterocycles. The summed E-state index contributed by atoms with van der Waals surface area (Å²) >= 11 is 5.61. The SMILES string of the molecule is Cc1[nH]c2ccc(F)cc2c1CC(=O)Nc1ccc(Cl)c(F)c1. The van der Waals surface area contributed by atoms with Crippen molar-refractivity contribution in [3.8, 4) is 0 Å². The summed E-state index contributed by atoms with van der Waals surface area (Å²) in [5, 5.41) is 3.27. The average Bonchev–Trinajstić information content (AvgIpc) is 2.79. The summed E-state index contributed by atoms with van der Waals surface area (Å²) in [7, 11) is 0. The zero-order valence-electron chi connectivity index (χ0n) is 12.2. The molecule has 0 aliphatic rings. The van der Waals surface area contributed by atoms with Gasteiger partial charge in [0.25, 0.3) is 0 Å². The minimum absolute atomic E-state index is 0.00838. The molecule has 3 nitrogen and oxygen atoms in total. The molecule has 0 bridgehead atoms. The van der Waals surface area contributed by atoms with Gasteiger partial charge in [-0.05, 0) is 48.9 Å². The maximum absolute atomic E-state index is 13.4. The topological polar surface area (TPSA) is 44.9 Å². The predicted molar refractivity (Wildman–Crippen MR) is 86.7 cm³/mol. The summed E-state index contributed by atoms with van der Waals surface area (Å²) in [4.78, 5) is 15.3. The lowest BCUT2D eigenvalue weighted by molar-refractivity contribution is -0.115. The highest BCUT2D eigenvalue weighted by Gasteiger charge is 2.14. The van der Waals surface area contributed by atoms with E-state index in [1.807, 2.05) is 6.92 Å². The molecule has 0 aliphatic carbocycles. The number of amides is 1. The Hall–Kier alpha value is -2.40. The van der Waals surface area contributed by atoms with Gasteiger partial charge in [-0.3, -0.25) is 4.79 Å². The van der Waals surface area contributed by atoms with Gasteiger partial charge in [0.1, 0.15) is 11.6 Å². The van der Waals surface area contributed by atoms with Crippen molar-refractivity contribution >= 4 is 34.1 Å². The van der Waals surface area contributed by atoms with Crippen LogP contribution in [0.2, 0.25) is 5.02 Å². The highest BCUT2D eigenvalue weighted by Crippen LogP contribution is 2.24. The molecule has 0 unspecified atom stereocenters. The normalized spacial score (nSPS) is 11.0. The third-order valence-corrected chi connectivity index (χ3v) is 3.93. The second kappa shape index (κ2) is 6.01. The van der Waals surface area contributed by atoms with E-state index in [-0.39, 0.29) is 23.2 Å². The third kappa shape index (κ3) is 3.19. The van der Waals surface area contributed by atoms with Crippen LogP contribution in [0.5, 0.6) is 0 Å². The van der Waals surface area contributed by atoms with E-state index in [1.54, 1.807) is 6.07 Å². The van der Waals surface area contributed by atoms with Crippen LogP contribution < -0.4 is 5.32 Å². The molecular formula is C17H13ClF2N2O. The Labute approximate surface area is 136 Å². The maximum Gasteiger partial charge on any atom is 0.228 e. The molecule has 0 radical (unpaired) electrons. The molecule has 3 rings (SSSR count). The molecule has 1 amide bonds. The largest absolute Gasteiger partial charge is 0.358 e. The molecular weight excluding hydrogens is 322 g/mol. The fourth-order valence-corrected chi connectivity index (χ4v) is 2.64. The standard InChI is InChI=1S/C17H13ClF2N2O/c1-9-12(13-6-10(19)2-5-16(13)21-9)8-17(23)22-11-3-4-14(18)15(20)7-11/h2-7,21H,8H2,1H3,(H,22,23). The number of nitrogens with one attached hydrogen (secondary N) is 2. The number of hydrogen-bond acceptors (Lipinski definition) is 1. The van der Waals surface area contributed by atoms with Gasteiger partial charge in [-0.25, -0.2) is 8.78 Å². The third-order valence-electron chi connectivity index (χ3n) is 3.62. The van der Waals surface area contributed by atoms with Crippen LogP contribution in [0.3, 0.4) is 0 Å². The smallest absolute Gasteiger partial charge is 0.228 e. The van der Waals surface area contributed by atoms with Gasteiger partial charge >= 0.3 is 0 Å². The first-order valence-corrected chi connectivity index (χ1v) is 7.33. The van der Waals surface area contributed by atoms with E-state index in [0.717, 1.165) is 17.3 Å². The number of halogens is 3. The summed E-state index contributed by atoms with van der Waals surface area (Å²) in [6.45, 7) is 1.82. The quantitative estimate of drug-likeness (QED) is 0.723. The van der Waals surface area contributed by atoms with Gasteiger partial charge in [0.15, 0.2) is 0 Å². The Morgan fingerprint density at radius 1 is 1.22 bits per heavy atom. The van der Waals surface area contributed by atoms with Crippen LogP contribution in [-0.4, -0.2) is 10.9 Å². The van der Waals surface area contributed by atoms with Crippen LogP contribution in [0.25, 0.3) is 10.9 Å². The molecule has 0 spiro atoms. The average molecular weight is 335 g/mol. The minimum atomic E-state index is -0.602. The van der Waals surface area contributed by atoms with Crippen molar-refractivity contribution in [1.82, 2.24) is 4.98 Å². The van der Waals surface area contributed by atoms with Crippen molar-refractivity contribution in [3.63, 3.8) is 0 Å². The van der Waals surface area contributed by atoms with E-state index in [0.29, 0.717) is 16.6 Å². The van der Waals surface area contributed by atoms with Crippen LogP contribution in [0.4, 0.5) is 14.5 Å². The lowest BCUT2D eigenvalue weighted by Gasteiger charge is -2.06. The van der Waals surface area contributed by atoms with Gasteiger partial charge in [-0.15, -0.1) is 0 Å². The molecule has 0 aliphatic heterocycles. The highest BCUT2D eigenvalue weighted by molar-refractivity contribution is 6.30. The van der Waals surface area contributed by atoms with E-state index in [9.17, 15) is 13.6 Å². The van der Waals surface area contributed by atoms with Crippen molar-refractivity contribution in [3.05, 3.63) is 64.3 Å². The van der Waals surface area contributed by atoms with Gasteiger partial charge in [-0.2, -0.15) is 0 Å². The molecule has 23 heavy (non-hydrogen) atoms. The van der Waals surface area contributed by atoms with Crippen LogP contribution >= 0.6 is 11.6 Å². The van der Waals surface area contributed by atoms with E-state index in [4.69, 9.17) is 11.6 Å². The molecule has 0 saturated heterocycles. The minimum Gasteiger partial charge on any atom is -0.358 e. The van der Waals surface area contributed by atoms with E-state index >= 15 is 0 Å². The Morgan fingerprint density at radius 2 is 2.00 bits per heavy atom. The molecule has 2 N–H and O–H groups in total. The van der Waals surface area contributed by atoms with E-state index in [2.05, 4.69) is 10.3 Å². The molecule has 0 fully saturated rings. The van der Waals surface area contributed by atoms with Crippen LogP contribution in [0, 0.1) is 18.6 Å². The number of H-pyrrole nitrogens is 1. The molecule has 3 aromatic rings. The summed E-state index contributed by atoms with van der Waals surface area (Å²) in [5.41, 5.74) is 2.60. The Balaban J connectivity index is 1.84. The Kier molecular flexibility index (Phi) is 4.05. The number of aromatic nitrogens is 1. The highest BCUT2D eigenvalue weighted by atomic mass is 35.5. The Morgan fingerprint density at radius 3 is 2.74 bits per heavy atom. The van der Waals surface area contributed by atoms with Gasteiger partial charge in [-0.1, -0.05) is 11.6 Å². The zero-order chi connectivity index (χ0) is 16.6. The van der Waals surface area contributed by atoms with Crippen molar-refractivity contribution in [2.45, 2.75) is 13.3 Å². The van der Waals surface area contributed by atoms with Crippen molar-refractivity contribution in [1.29, 1.82) is 0 Å². The first-order chi connectivity index (χ1) is 10.9. The molecule has 6 heteroatoms. The Bertz CT molecular complexity index is 905. The monoisotopic (exact) mass is 334 g/mol. The lowest BCUT2D eigenvalue weighted by Crippen LogP contribution is -2.14. The van der Waals surface area contributed by atoms with E-state index < -0.39 is 5.82 Å². The summed E-state index contributed by atoms with van der Waals surface area (Å²) in [5.74, 6) is -1.28. The number of aryl methyl sites for hydroxylation is 1. The molecule has 2 aromatic carbocycles. The molecule has 1 aromatic heterocycles.